The highest BCUT2D eigenvalue weighted by molar-refractivity contribution is 5.97. The van der Waals surface area contributed by atoms with E-state index in [1.165, 1.54) is 24.3 Å². The number of nitrogens with zero attached hydrogens (tertiary/aromatic N) is 5. The maximum absolute atomic E-state index is 15.0. The van der Waals surface area contributed by atoms with Crippen LogP contribution in [0.25, 0.3) is 0 Å². The Balaban J connectivity index is 1.31. The lowest BCUT2D eigenvalue weighted by Crippen LogP contribution is -2.44. The Bertz CT molecular complexity index is 1480. The van der Waals surface area contributed by atoms with Gasteiger partial charge in [0.05, 0.1) is 26.5 Å². The molecule has 2 fully saturated rings. The summed E-state index contributed by atoms with van der Waals surface area (Å²) in [7, 11) is 5.22. The fourth-order valence-electron chi connectivity index (χ4n) is 6.24. The first-order valence-electron chi connectivity index (χ1n) is 16.4. The molecule has 0 radical (unpaired) electrons. The van der Waals surface area contributed by atoms with Crippen LogP contribution in [-0.4, -0.2) is 92.6 Å². The van der Waals surface area contributed by atoms with Gasteiger partial charge >= 0.3 is 6.09 Å². The average molecular weight is 651 g/mol. The Hall–Kier alpha value is -4.16. The van der Waals surface area contributed by atoms with Crippen LogP contribution < -0.4 is 24.4 Å². The van der Waals surface area contributed by atoms with Gasteiger partial charge in [0.25, 0.3) is 0 Å². The molecule has 1 aliphatic carbocycles. The van der Waals surface area contributed by atoms with E-state index in [1.807, 2.05) is 0 Å². The van der Waals surface area contributed by atoms with Gasteiger partial charge in [-0.1, -0.05) is 20.3 Å². The van der Waals surface area contributed by atoms with E-state index < -0.39 is 11.9 Å². The highest BCUT2D eigenvalue weighted by Gasteiger charge is 2.34. The molecule has 1 aliphatic heterocycles. The van der Waals surface area contributed by atoms with Gasteiger partial charge in [0.1, 0.15) is 23.4 Å². The molecular weight excluding hydrogens is 603 g/mol. The van der Waals surface area contributed by atoms with Crippen molar-refractivity contribution in [1.82, 2.24) is 19.8 Å². The second-order valence-corrected chi connectivity index (χ2v) is 12.5. The van der Waals surface area contributed by atoms with Gasteiger partial charge in [0, 0.05) is 62.8 Å². The van der Waals surface area contributed by atoms with E-state index in [-0.39, 0.29) is 35.5 Å². The van der Waals surface area contributed by atoms with Crippen molar-refractivity contribution in [3.63, 3.8) is 0 Å². The number of hydrogen-bond donors (Lipinski definition) is 1. The molecule has 2 heterocycles. The molecule has 2 aliphatic rings. The lowest BCUT2D eigenvalue weighted by Gasteiger charge is -2.35. The minimum atomic E-state index is -0.580. The first-order chi connectivity index (χ1) is 22.7. The number of anilines is 4. The van der Waals surface area contributed by atoms with E-state index in [4.69, 9.17) is 18.9 Å². The number of methoxy groups -OCH3 is 2. The predicted molar refractivity (Wildman–Crippen MR) is 180 cm³/mol. The number of piperazine rings is 1. The van der Waals surface area contributed by atoms with Crippen molar-refractivity contribution in [1.29, 1.82) is 0 Å². The third kappa shape index (κ3) is 8.81. The van der Waals surface area contributed by atoms with Crippen LogP contribution >= 0.6 is 0 Å². The molecule has 0 bridgehead atoms. The van der Waals surface area contributed by atoms with Crippen molar-refractivity contribution in [3.05, 3.63) is 54.5 Å². The number of benzene rings is 2. The van der Waals surface area contributed by atoms with Crippen LogP contribution in [0.2, 0.25) is 0 Å². The summed E-state index contributed by atoms with van der Waals surface area (Å²) in [6.07, 6.45) is 4.63. The monoisotopic (exact) mass is 650 g/mol. The Morgan fingerprint density at radius 2 is 1.77 bits per heavy atom. The van der Waals surface area contributed by atoms with Gasteiger partial charge in [0.2, 0.25) is 5.95 Å². The average Bonchev–Trinajstić information content (AvgIpc) is 3.07. The van der Waals surface area contributed by atoms with Gasteiger partial charge in [-0.05, 0) is 62.4 Å². The SMILES string of the molecule is COc1ccc(N(C(=O)OC2C(C)CCCC2C)c2ccnc(Nc3ccc(OCCCN4CCN(C)CC4)c(F)c3)n2)c(OC)c1. The quantitative estimate of drug-likeness (QED) is 0.219. The first-order valence-corrected chi connectivity index (χ1v) is 16.4. The lowest BCUT2D eigenvalue weighted by atomic mass is 9.81. The van der Waals surface area contributed by atoms with Crippen LogP contribution in [0, 0.1) is 17.7 Å². The predicted octanol–water partition coefficient (Wildman–Crippen LogP) is 6.49. The Kier molecular flexibility index (Phi) is 11.7. The third-order valence-electron chi connectivity index (χ3n) is 9.02. The maximum atomic E-state index is 15.0. The summed E-state index contributed by atoms with van der Waals surface area (Å²) in [6.45, 7) is 9.79. The number of carbonyl (C=O) groups excluding carboxylic acids is 1. The number of likely N-dealkylation sites (N-methyl/N-ethyl adjacent to an activating group) is 1. The molecule has 3 aromatic rings. The molecule has 254 valence electrons. The Morgan fingerprint density at radius 1 is 1.00 bits per heavy atom. The zero-order valence-electron chi connectivity index (χ0n) is 28.1. The lowest BCUT2D eigenvalue weighted by molar-refractivity contribution is 0.0144. The minimum absolute atomic E-state index is 0.174. The number of carbonyl (C=O) groups is 1. The summed E-state index contributed by atoms with van der Waals surface area (Å²) < 4.78 is 38.0. The number of ether oxygens (including phenoxy) is 4. The van der Waals surface area contributed by atoms with Crippen molar-refractivity contribution >= 4 is 29.2 Å². The largest absolute Gasteiger partial charge is 0.497 e. The van der Waals surface area contributed by atoms with E-state index >= 15 is 4.39 Å². The van der Waals surface area contributed by atoms with Gasteiger partial charge in [-0.25, -0.2) is 19.1 Å². The second-order valence-electron chi connectivity index (χ2n) is 12.5. The fraction of sp³-hybridized carbons (Fsp3) is 0.514. The molecule has 47 heavy (non-hydrogen) atoms. The maximum Gasteiger partial charge on any atom is 0.420 e. The number of rotatable bonds is 12. The molecule has 2 aromatic carbocycles. The van der Waals surface area contributed by atoms with Gasteiger partial charge < -0.3 is 34.1 Å². The molecule has 2 unspecified atom stereocenters. The van der Waals surface area contributed by atoms with E-state index in [2.05, 4.69) is 46.0 Å². The molecule has 1 aromatic heterocycles. The van der Waals surface area contributed by atoms with Crippen LogP contribution in [0.5, 0.6) is 17.2 Å². The van der Waals surface area contributed by atoms with Crippen LogP contribution in [0.1, 0.15) is 39.5 Å². The molecule has 0 spiro atoms. The van der Waals surface area contributed by atoms with E-state index in [1.54, 1.807) is 43.5 Å². The van der Waals surface area contributed by atoms with Gasteiger partial charge in [-0.15, -0.1) is 0 Å². The summed E-state index contributed by atoms with van der Waals surface area (Å²) in [5.41, 5.74) is 0.865. The fourth-order valence-corrected chi connectivity index (χ4v) is 6.24. The molecule has 1 saturated carbocycles. The first kappa shape index (κ1) is 34.2. The Labute approximate surface area is 277 Å². The zero-order chi connectivity index (χ0) is 33.3. The van der Waals surface area contributed by atoms with Gasteiger partial charge in [-0.3, -0.25) is 0 Å². The van der Waals surface area contributed by atoms with Crippen LogP contribution in [0.3, 0.4) is 0 Å². The number of hydrogen-bond acceptors (Lipinski definition) is 10. The number of nitrogens with one attached hydrogen (secondary N) is 1. The highest BCUT2D eigenvalue weighted by Crippen LogP contribution is 2.38. The Morgan fingerprint density at radius 3 is 2.47 bits per heavy atom. The van der Waals surface area contributed by atoms with Gasteiger partial charge in [0.15, 0.2) is 11.6 Å². The van der Waals surface area contributed by atoms with Crippen molar-refractivity contribution in [2.45, 2.75) is 45.6 Å². The number of amides is 1. The third-order valence-corrected chi connectivity index (χ3v) is 9.02. The number of aromatic nitrogens is 2. The molecule has 12 heteroatoms. The molecule has 1 saturated heterocycles. The topological polar surface area (TPSA) is 102 Å². The summed E-state index contributed by atoms with van der Waals surface area (Å²) >= 11 is 0. The normalized spacial score (nSPS) is 20.3. The number of halogens is 1. The molecule has 1 N–H and O–H groups in total. The molecule has 1 amide bonds. The van der Waals surface area contributed by atoms with Crippen molar-refractivity contribution in [2.75, 3.05) is 70.8 Å². The molecule has 5 rings (SSSR count). The van der Waals surface area contributed by atoms with Crippen LogP contribution in [-0.2, 0) is 4.74 Å². The van der Waals surface area contributed by atoms with Crippen LogP contribution in [0.4, 0.5) is 32.3 Å². The van der Waals surface area contributed by atoms with E-state index in [9.17, 15) is 4.79 Å². The van der Waals surface area contributed by atoms with Crippen LogP contribution in [0.15, 0.2) is 48.7 Å². The highest BCUT2D eigenvalue weighted by atomic mass is 19.1. The van der Waals surface area contributed by atoms with Crippen molar-refractivity contribution in [2.24, 2.45) is 11.8 Å². The van der Waals surface area contributed by atoms with Crippen molar-refractivity contribution in [3.8, 4) is 17.2 Å². The minimum Gasteiger partial charge on any atom is -0.497 e. The molecule has 2 atom stereocenters. The van der Waals surface area contributed by atoms with Crippen molar-refractivity contribution < 1.29 is 28.1 Å². The summed E-state index contributed by atoms with van der Waals surface area (Å²) in [5.74, 6) is 1.56. The smallest absolute Gasteiger partial charge is 0.420 e. The summed E-state index contributed by atoms with van der Waals surface area (Å²) in [6, 6.07) is 11.4. The van der Waals surface area contributed by atoms with E-state index in [0.717, 1.165) is 58.4 Å². The summed E-state index contributed by atoms with van der Waals surface area (Å²) in [4.78, 5) is 29.0. The summed E-state index contributed by atoms with van der Waals surface area (Å²) in [5, 5.41) is 3.06. The standard InChI is InChI=1S/C35H47FN6O5/c1-24-8-6-9-25(2)33(24)47-35(43)42(29-12-11-27(44-4)23-31(29)45-5)32-14-15-37-34(39-32)38-26-10-13-30(28(36)22-26)46-21-7-16-41-19-17-40(3)18-20-41/h10-15,22-25,33H,6-9,16-21H2,1-5H3,(H,37,38,39). The van der Waals surface area contributed by atoms with E-state index in [0.29, 0.717) is 29.5 Å². The van der Waals surface area contributed by atoms with Gasteiger partial charge in [-0.2, -0.15) is 4.98 Å². The second kappa shape index (κ2) is 16.1. The zero-order valence-corrected chi connectivity index (χ0v) is 28.1. The molecule has 11 nitrogen and oxygen atoms in total. The molecular formula is C35H47FN6O5.